The first-order valence-electron chi connectivity index (χ1n) is 8.93. The molecule has 27 heavy (non-hydrogen) atoms. The highest BCUT2D eigenvalue weighted by molar-refractivity contribution is 7.91. The van der Waals surface area contributed by atoms with Gasteiger partial charge in [0.05, 0.1) is 10.6 Å². The van der Waals surface area contributed by atoms with E-state index in [2.05, 4.69) is 0 Å². The third-order valence-electron chi connectivity index (χ3n) is 4.40. The van der Waals surface area contributed by atoms with Crippen LogP contribution in [0, 0.1) is 0 Å². The smallest absolute Gasteiger partial charge is 0.223 e. The Morgan fingerprint density at radius 3 is 2.44 bits per heavy atom. The molecular formula is C20H23NO5S. The van der Waals surface area contributed by atoms with Gasteiger partial charge in [-0.2, -0.15) is 0 Å². The number of rotatable bonds is 7. The average molecular weight is 389 g/mol. The molecule has 1 heterocycles. The van der Waals surface area contributed by atoms with Gasteiger partial charge >= 0.3 is 0 Å². The third kappa shape index (κ3) is 4.80. The van der Waals surface area contributed by atoms with E-state index < -0.39 is 9.84 Å². The molecular weight excluding hydrogens is 366 g/mol. The van der Waals surface area contributed by atoms with Crippen LogP contribution < -0.4 is 9.47 Å². The number of benzene rings is 2. The van der Waals surface area contributed by atoms with Crippen molar-refractivity contribution in [2.24, 2.45) is 0 Å². The molecule has 1 aliphatic rings. The number of ether oxygens (including phenoxy) is 2. The first kappa shape index (κ1) is 19.2. The number of hydrogen-bond donors (Lipinski definition) is 0. The minimum absolute atomic E-state index is 0.0460. The fraction of sp³-hybridized carbons (Fsp3) is 0.350. The summed E-state index contributed by atoms with van der Waals surface area (Å²) in [6, 6.07) is 13.8. The molecule has 0 unspecified atom stereocenters. The Hall–Kier alpha value is -2.54. The fourth-order valence-corrected chi connectivity index (χ4v) is 4.16. The van der Waals surface area contributed by atoms with Gasteiger partial charge in [0.25, 0.3) is 0 Å². The van der Waals surface area contributed by atoms with E-state index in [1.165, 1.54) is 0 Å². The molecule has 0 spiro atoms. The summed E-state index contributed by atoms with van der Waals surface area (Å²) in [5.74, 6) is 0.988. The van der Waals surface area contributed by atoms with E-state index in [-0.39, 0.29) is 23.0 Å². The van der Waals surface area contributed by atoms with Crippen LogP contribution in [0.25, 0.3) is 0 Å². The van der Waals surface area contributed by atoms with Crippen LogP contribution in [0.5, 0.6) is 11.5 Å². The predicted molar refractivity (Wildman–Crippen MR) is 102 cm³/mol. The van der Waals surface area contributed by atoms with Crippen LogP contribution in [-0.2, 0) is 21.2 Å². The lowest BCUT2D eigenvalue weighted by Crippen LogP contribution is -2.31. The monoisotopic (exact) mass is 389 g/mol. The topological polar surface area (TPSA) is 72.9 Å². The summed E-state index contributed by atoms with van der Waals surface area (Å²) in [6.07, 6.45) is -0.0460. The highest BCUT2D eigenvalue weighted by Gasteiger charge is 2.20. The Labute approximate surface area is 159 Å². The van der Waals surface area contributed by atoms with Gasteiger partial charge in [0.15, 0.2) is 21.3 Å². The zero-order chi connectivity index (χ0) is 19.3. The molecule has 0 aliphatic carbocycles. The number of hydrogen-bond acceptors (Lipinski definition) is 5. The lowest BCUT2D eigenvalue weighted by atomic mass is 10.1. The summed E-state index contributed by atoms with van der Waals surface area (Å²) in [4.78, 5) is 14.4. The van der Waals surface area contributed by atoms with Crippen molar-refractivity contribution in [3.05, 3.63) is 54.1 Å². The minimum Gasteiger partial charge on any atom is -0.486 e. The summed E-state index contributed by atoms with van der Waals surface area (Å²) in [6.45, 7) is 3.81. The van der Waals surface area contributed by atoms with Crippen molar-refractivity contribution in [2.75, 3.05) is 25.5 Å². The number of sulfone groups is 1. The number of nitrogens with zero attached hydrogens (tertiary/aromatic N) is 1. The molecule has 0 aromatic heterocycles. The van der Waals surface area contributed by atoms with E-state index in [9.17, 15) is 13.2 Å². The molecule has 2 aromatic rings. The van der Waals surface area contributed by atoms with Gasteiger partial charge in [0.2, 0.25) is 5.91 Å². The molecule has 3 rings (SSSR count). The summed E-state index contributed by atoms with van der Waals surface area (Å²) < 4.78 is 35.8. The second-order valence-corrected chi connectivity index (χ2v) is 8.38. The highest BCUT2D eigenvalue weighted by Crippen LogP contribution is 2.31. The number of carbonyl (C=O) groups excluding carboxylic acids is 1. The summed E-state index contributed by atoms with van der Waals surface area (Å²) in [5, 5.41) is 0. The summed E-state index contributed by atoms with van der Waals surface area (Å²) >= 11 is 0. The quantitative estimate of drug-likeness (QED) is 0.728. The van der Waals surface area contributed by atoms with Gasteiger partial charge in [-0.1, -0.05) is 24.3 Å². The average Bonchev–Trinajstić information content (AvgIpc) is 2.71. The molecule has 0 atom stereocenters. The fourth-order valence-electron chi connectivity index (χ4n) is 2.91. The Morgan fingerprint density at radius 2 is 1.74 bits per heavy atom. The molecule has 1 amide bonds. The molecule has 0 fully saturated rings. The van der Waals surface area contributed by atoms with E-state index in [1.54, 1.807) is 35.2 Å². The molecule has 0 saturated carbocycles. The molecule has 7 heteroatoms. The standard InChI is InChI=1S/C20H23NO5S/c1-2-21(15-16-8-9-18-19(14-16)26-12-11-25-18)20(22)10-13-27(23,24)17-6-4-3-5-7-17/h3-9,14H,2,10-13,15H2,1H3. The number of carbonyl (C=O) groups is 1. The normalized spacial score (nSPS) is 13.2. The molecule has 0 radical (unpaired) electrons. The first-order chi connectivity index (χ1) is 13.0. The lowest BCUT2D eigenvalue weighted by Gasteiger charge is -2.23. The van der Waals surface area contributed by atoms with Crippen molar-refractivity contribution >= 4 is 15.7 Å². The summed E-state index contributed by atoms with van der Waals surface area (Å²) in [7, 11) is -3.47. The molecule has 2 aromatic carbocycles. The van der Waals surface area contributed by atoms with Gasteiger partial charge in [-0.05, 0) is 36.8 Å². The molecule has 144 valence electrons. The zero-order valence-corrected chi connectivity index (χ0v) is 16.1. The Bertz CT molecular complexity index is 896. The van der Waals surface area contributed by atoms with Crippen LogP contribution in [0.3, 0.4) is 0 Å². The summed E-state index contributed by atoms with van der Waals surface area (Å²) in [5.41, 5.74) is 0.917. The second kappa shape index (κ2) is 8.43. The second-order valence-electron chi connectivity index (χ2n) is 6.27. The van der Waals surface area contributed by atoms with Crippen molar-refractivity contribution in [3.8, 4) is 11.5 Å². The molecule has 6 nitrogen and oxygen atoms in total. The van der Waals surface area contributed by atoms with E-state index >= 15 is 0 Å². The van der Waals surface area contributed by atoms with Crippen molar-refractivity contribution < 1.29 is 22.7 Å². The predicted octanol–water partition coefficient (Wildman–Crippen LogP) is 2.67. The maximum absolute atomic E-state index is 12.6. The molecule has 0 saturated heterocycles. The SMILES string of the molecule is CCN(Cc1ccc2c(c1)OCCO2)C(=O)CCS(=O)(=O)c1ccccc1. The van der Waals surface area contributed by atoms with Crippen molar-refractivity contribution in [1.29, 1.82) is 0 Å². The van der Waals surface area contributed by atoms with Crippen LogP contribution in [0.4, 0.5) is 0 Å². The van der Waals surface area contributed by atoms with Crippen molar-refractivity contribution in [1.82, 2.24) is 4.90 Å². The van der Waals surface area contributed by atoms with Crippen molar-refractivity contribution in [2.45, 2.75) is 24.8 Å². The Morgan fingerprint density at radius 1 is 1.04 bits per heavy atom. The number of fused-ring (bicyclic) bond motifs is 1. The van der Waals surface area contributed by atoms with Gasteiger partial charge in [0.1, 0.15) is 13.2 Å². The number of amides is 1. The minimum atomic E-state index is -3.47. The van der Waals surface area contributed by atoms with E-state index in [0.717, 1.165) is 5.56 Å². The van der Waals surface area contributed by atoms with Crippen LogP contribution >= 0.6 is 0 Å². The Kier molecular flexibility index (Phi) is 6.01. The van der Waals surface area contributed by atoms with Gasteiger partial charge < -0.3 is 14.4 Å². The van der Waals surface area contributed by atoms with Gasteiger partial charge in [0, 0.05) is 19.5 Å². The van der Waals surface area contributed by atoms with Crippen LogP contribution in [0.1, 0.15) is 18.9 Å². The lowest BCUT2D eigenvalue weighted by molar-refractivity contribution is -0.131. The maximum atomic E-state index is 12.6. The molecule has 0 N–H and O–H groups in total. The van der Waals surface area contributed by atoms with E-state index in [4.69, 9.17) is 9.47 Å². The molecule has 1 aliphatic heterocycles. The van der Waals surface area contributed by atoms with Crippen LogP contribution in [0.15, 0.2) is 53.4 Å². The zero-order valence-electron chi connectivity index (χ0n) is 15.3. The largest absolute Gasteiger partial charge is 0.486 e. The van der Waals surface area contributed by atoms with Crippen LogP contribution in [-0.4, -0.2) is 44.7 Å². The van der Waals surface area contributed by atoms with E-state index in [0.29, 0.717) is 37.8 Å². The molecule has 0 bridgehead atoms. The highest BCUT2D eigenvalue weighted by atomic mass is 32.2. The van der Waals surface area contributed by atoms with Gasteiger partial charge in [-0.25, -0.2) is 8.42 Å². The van der Waals surface area contributed by atoms with E-state index in [1.807, 2.05) is 25.1 Å². The van der Waals surface area contributed by atoms with Crippen LogP contribution in [0.2, 0.25) is 0 Å². The Balaban J connectivity index is 1.63. The third-order valence-corrected chi connectivity index (χ3v) is 6.13. The van der Waals surface area contributed by atoms with Gasteiger partial charge in [-0.3, -0.25) is 4.79 Å². The first-order valence-corrected chi connectivity index (χ1v) is 10.6. The van der Waals surface area contributed by atoms with Gasteiger partial charge in [-0.15, -0.1) is 0 Å². The van der Waals surface area contributed by atoms with Crippen molar-refractivity contribution in [3.63, 3.8) is 0 Å². The maximum Gasteiger partial charge on any atom is 0.223 e.